The average molecular weight is 401 g/mol. The molecule has 1 aromatic heterocycles. The Hall–Kier alpha value is -2.32. The van der Waals surface area contributed by atoms with Crippen molar-refractivity contribution in [3.05, 3.63) is 58.4 Å². The molecule has 28 heavy (non-hydrogen) atoms. The molecule has 2 fully saturated rings. The molecule has 1 amide bonds. The summed E-state index contributed by atoms with van der Waals surface area (Å²) in [5.41, 5.74) is 0.802. The third kappa shape index (κ3) is 4.39. The topological polar surface area (TPSA) is 67.7 Å². The number of carbonyl (C=O) groups is 1. The lowest BCUT2D eigenvalue weighted by molar-refractivity contribution is -0.139. The summed E-state index contributed by atoms with van der Waals surface area (Å²) in [4.78, 5) is 29.0. The molecule has 7 nitrogen and oxygen atoms in total. The highest BCUT2D eigenvalue weighted by Crippen LogP contribution is 2.22. The second-order valence-electron chi connectivity index (χ2n) is 6.90. The highest BCUT2D eigenvalue weighted by molar-refractivity contribution is 7.99. The third-order valence-electron chi connectivity index (χ3n) is 5.06. The van der Waals surface area contributed by atoms with E-state index in [0.717, 1.165) is 36.0 Å². The van der Waals surface area contributed by atoms with Gasteiger partial charge in [-0.1, -0.05) is 30.3 Å². The van der Waals surface area contributed by atoms with Crippen molar-refractivity contribution < 1.29 is 9.53 Å². The molecule has 8 heteroatoms. The SMILES string of the molecule is O=C(Cn1nc(N2CCSCC2)ccc1=O)N1CCO[C@@H](c2ccccc2)C1. The third-order valence-corrected chi connectivity index (χ3v) is 6.01. The molecule has 2 aromatic rings. The Morgan fingerprint density at radius 2 is 1.89 bits per heavy atom. The van der Waals surface area contributed by atoms with Gasteiger partial charge in [0, 0.05) is 37.2 Å². The molecule has 0 saturated carbocycles. The fourth-order valence-electron chi connectivity index (χ4n) is 3.49. The summed E-state index contributed by atoms with van der Waals surface area (Å²) in [6.45, 7) is 3.27. The van der Waals surface area contributed by atoms with Crippen LogP contribution in [0, 0.1) is 0 Å². The summed E-state index contributed by atoms with van der Waals surface area (Å²) >= 11 is 1.92. The smallest absolute Gasteiger partial charge is 0.267 e. The molecule has 1 aromatic carbocycles. The van der Waals surface area contributed by atoms with E-state index in [1.165, 1.54) is 10.7 Å². The predicted molar refractivity (Wildman–Crippen MR) is 110 cm³/mol. The summed E-state index contributed by atoms with van der Waals surface area (Å²) in [5, 5.41) is 4.45. The number of carbonyl (C=O) groups excluding carboxylic acids is 1. The summed E-state index contributed by atoms with van der Waals surface area (Å²) in [5.74, 6) is 2.75. The molecule has 148 valence electrons. The van der Waals surface area contributed by atoms with Crippen molar-refractivity contribution in [3.8, 4) is 0 Å². The largest absolute Gasteiger partial charge is 0.370 e. The van der Waals surface area contributed by atoms with Crippen molar-refractivity contribution in [1.82, 2.24) is 14.7 Å². The van der Waals surface area contributed by atoms with Crippen LogP contribution >= 0.6 is 11.8 Å². The molecule has 2 aliphatic rings. The van der Waals surface area contributed by atoms with Crippen LogP contribution in [0.5, 0.6) is 0 Å². The molecular weight excluding hydrogens is 376 g/mol. The van der Waals surface area contributed by atoms with Crippen molar-refractivity contribution in [3.63, 3.8) is 0 Å². The minimum absolute atomic E-state index is 0.0449. The fourth-order valence-corrected chi connectivity index (χ4v) is 4.39. The van der Waals surface area contributed by atoms with E-state index in [-0.39, 0.29) is 24.1 Å². The van der Waals surface area contributed by atoms with Crippen LogP contribution in [0.3, 0.4) is 0 Å². The van der Waals surface area contributed by atoms with Gasteiger partial charge in [0.15, 0.2) is 0 Å². The second kappa shape index (κ2) is 8.79. The Morgan fingerprint density at radius 1 is 1.11 bits per heavy atom. The summed E-state index contributed by atoms with van der Waals surface area (Å²) in [7, 11) is 0. The number of aromatic nitrogens is 2. The van der Waals surface area contributed by atoms with Gasteiger partial charge in [0.1, 0.15) is 18.5 Å². The second-order valence-corrected chi connectivity index (χ2v) is 8.12. The van der Waals surface area contributed by atoms with Gasteiger partial charge in [-0.3, -0.25) is 9.59 Å². The van der Waals surface area contributed by atoms with E-state index in [1.807, 2.05) is 42.1 Å². The number of benzene rings is 1. The molecule has 0 spiro atoms. The van der Waals surface area contributed by atoms with Gasteiger partial charge in [-0.15, -0.1) is 0 Å². The number of amides is 1. The first-order valence-electron chi connectivity index (χ1n) is 9.56. The van der Waals surface area contributed by atoms with Gasteiger partial charge in [0.05, 0.1) is 13.2 Å². The summed E-state index contributed by atoms with van der Waals surface area (Å²) in [6.07, 6.45) is -0.138. The number of morpholine rings is 1. The quantitative estimate of drug-likeness (QED) is 0.773. The van der Waals surface area contributed by atoms with Crippen molar-refractivity contribution >= 4 is 23.5 Å². The lowest BCUT2D eigenvalue weighted by Gasteiger charge is -2.33. The van der Waals surface area contributed by atoms with Crippen LogP contribution in [-0.4, -0.2) is 64.9 Å². The van der Waals surface area contributed by atoms with E-state index < -0.39 is 0 Å². The van der Waals surface area contributed by atoms with Gasteiger partial charge in [-0.05, 0) is 11.6 Å². The van der Waals surface area contributed by atoms with Gasteiger partial charge in [0.25, 0.3) is 5.56 Å². The lowest BCUT2D eigenvalue weighted by atomic mass is 10.1. The number of hydrogen-bond acceptors (Lipinski definition) is 6. The number of hydrogen-bond donors (Lipinski definition) is 0. The van der Waals surface area contributed by atoms with Crippen LogP contribution in [-0.2, 0) is 16.1 Å². The normalized spacial score (nSPS) is 20.2. The van der Waals surface area contributed by atoms with Crippen molar-refractivity contribution in [2.24, 2.45) is 0 Å². The first-order chi connectivity index (χ1) is 13.7. The first-order valence-corrected chi connectivity index (χ1v) is 10.7. The highest BCUT2D eigenvalue weighted by atomic mass is 32.2. The molecule has 0 unspecified atom stereocenters. The van der Waals surface area contributed by atoms with Crippen molar-refractivity contribution in [1.29, 1.82) is 0 Å². The van der Waals surface area contributed by atoms with Gasteiger partial charge < -0.3 is 14.5 Å². The van der Waals surface area contributed by atoms with Gasteiger partial charge in [-0.25, -0.2) is 4.68 Å². The monoisotopic (exact) mass is 400 g/mol. The van der Waals surface area contributed by atoms with Crippen LogP contribution in [0.15, 0.2) is 47.3 Å². The minimum atomic E-state index is -0.253. The molecule has 2 saturated heterocycles. The maximum atomic E-state index is 12.8. The Kier molecular flexibility index (Phi) is 5.97. The Morgan fingerprint density at radius 3 is 2.68 bits per heavy atom. The summed E-state index contributed by atoms with van der Waals surface area (Å²) < 4.78 is 7.11. The zero-order valence-corrected chi connectivity index (χ0v) is 16.5. The maximum absolute atomic E-state index is 12.8. The molecule has 1 atom stereocenters. The van der Waals surface area contributed by atoms with E-state index in [4.69, 9.17) is 4.74 Å². The number of rotatable bonds is 4. The maximum Gasteiger partial charge on any atom is 0.267 e. The zero-order chi connectivity index (χ0) is 19.3. The fraction of sp³-hybridized carbons (Fsp3) is 0.450. The van der Waals surface area contributed by atoms with Crippen molar-refractivity contribution in [2.45, 2.75) is 12.6 Å². The lowest BCUT2D eigenvalue weighted by Crippen LogP contribution is -2.45. The van der Waals surface area contributed by atoms with Gasteiger partial charge in [-0.2, -0.15) is 16.9 Å². The van der Waals surface area contributed by atoms with E-state index in [2.05, 4.69) is 10.00 Å². The van der Waals surface area contributed by atoms with Crippen LogP contribution in [0.2, 0.25) is 0 Å². The van der Waals surface area contributed by atoms with Crippen molar-refractivity contribution in [2.75, 3.05) is 49.2 Å². The average Bonchev–Trinajstić information content (AvgIpc) is 2.76. The summed E-state index contributed by atoms with van der Waals surface area (Å²) in [6, 6.07) is 13.2. The van der Waals surface area contributed by atoms with Crippen LogP contribution < -0.4 is 10.5 Å². The molecular formula is C20H24N4O3S. The number of thioether (sulfide) groups is 1. The Bertz CT molecular complexity index is 867. The molecule has 0 radical (unpaired) electrons. The minimum Gasteiger partial charge on any atom is -0.370 e. The highest BCUT2D eigenvalue weighted by Gasteiger charge is 2.26. The molecule has 0 aliphatic carbocycles. The van der Waals surface area contributed by atoms with E-state index >= 15 is 0 Å². The Balaban J connectivity index is 1.45. The van der Waals surface area contributed by atoms with Gasteiger partial charge >= 0.3 is 0 Å². The number of nitrogens with zero attached hydrogens (tertiary/aromatic N) is 4. The number of ether oxygens (including phenoxy) is 1. The molecule has 4 rings (SSSR count). The van der Waals surface area contributed by atoms with E-state index in [1.54, 1.807) is 11.0 Å². The standard InChI is InChI=1S/C20H24N4O3S/c25-19-7-6-18(22-9-12-28-13-10-22)21-24(19)15-20(26)23-8-11-27-17(14-23)16-4-2-1-3-5-16/h1-7,17H,8-15H2/t17-/m1/s1. The van der Waals surface area contributed by atoms with Crippen LogP contribution in [0.4, 0.5) is 5.82 Å². The molecule has 3 heterocycles. The number of anilines is 1. The predicted octanol–water partition coefficient (Wildman–Crippen LogP) is 1.40. The molecule has 2 aliphatic heterocycles. The zero-order valence-electron chi connectivity index (χ0n) is 15.7. The van der Waals surface area contributed by atoms with Gasteiger partial charge in [0.2, 0.25) is 5.91 Å². The van der Waals surface area contributed by atoms with E-state index in [0.29, 0.717) is 19.7 Å². The molecule has 0 bridgehead atoms. The van der Waals surface area contributed by atoms with E-state index in [9.17, 15) is 9.59 Å². The van der Waals surface area contributed by atoms with Crippen LogP contribution in [0.25, 0.3) is 0 Å². The first kappa shape index (κ1) is 19.0. The Labute approximate surface area is 168 Å². The molecule has 0 N–H and O–H groups in total. The van der Waals surface area contributed by atoms with Crippen LogP contribution in [0.1, 0.15) is 11.7 Å².